The molecule has 1 aliphatic rings. The predicted octanol–water partition coefficient (Wildman–Crippen LogP) is 6.00. The number of rotatable bonds is 3. The number of piperidine rings is 1. The molecule has 0 bridgehead atoms. The average Bonchev–Trinajstić information content (AvgIpc) is 2.73. The minimum absolute atomic E-state index is 0.00215. The number of amides is 2. The molecule has 2 atom stereocenters. The van der Waals surface area contributed by atoms with Crippen LogP contribution in [0, 0.1) is 5.82 Å². The van der Waals surface area contributed by atoms with Gasteiger partial charge < -0.3 is 14.5 Å². The Morgan fingerprint density at radius 2 is 1.78 bits per heavy atom. The second-order valence-electron chi connectivity index (χ2n) is 8.99. The van der Waals surface area contributed by atoms with E-state index in [1.54, 1.807) is 53.2 Å². The number of hydrogen-bond acceptors (Lipinski definition) is 3. The Morgan fingerprint density at radius 1 is 1.12 bits per heavy atom. The van der Waals surface area contributed by atoms with E-state index in [9.17, 15) is 14.0 Å². The van der Waals surface area contributed by atoms with Crippen LogP contribution in [0.3, 0.4) is 0 Å². The molecule has 3 rings (SSSR count). The highest BCUT2D eigenvalue weighted by Crippen LogP contribution is 2.34. The third-order valence-electron chi connectivity index (χ3n) is 5.51. The summed E-state index contributed by atoms with van der Waals surface area (Å²) in [5.74, 6) is -0.941. The van der Waals surface area contributed by atoms with Crippen LogP contribution in [0.1, 0.15) is 49.0 Å². The molecular formula is C24H27Cl2FN2O3. The lowest BCUT2D eigenvalue weighted by molar-refractivity contribution is 0.0124. The summed E-state index contributed by atoms with van der Waals surface area (Å²) in [6.45, 7) is 6.19. The van der Waals surface area contributed by atoms with Gasteiger partial charge in [-0.15, -0.1) is 0 Å². The van der Waals surface area contributed by atoms with E-state index in [-0.39, 0.29) is 22.9 Å². The van der Waals surface area contributed by atoms with E-state index < -0.39 is 17.5 Å². The summed E-state index contributed by atoms with van der Waals surface area (Å²) in [5.41, 5.74) is 0.650. The first-order valence-electron chi connectivity index (χ1n) is 10.4. The van der Waals surface area contributed by atoms with E-state index in [2.05, 4.69) is 0 Å². The van der Waals surface area contributed by atoms with Gasteiger partial charge in [0.05, 0.1) is 5.02 Å². The highest BCUT2D eigenvalue weighted by molar-refractivity contribution is 6.31. The largest absolute Gasteiger partial charge is 0.444 e. The molecule has 172 valence electrons. The molecule has 0 aliphatic carbocycles. The predicted molar refractivity (Wildman–Crippen MR) is 124 cm³/mol. The Bertz CT molecular complexity index is 992. The molecule has 0 aromatic heterocycles. The molecule has 0 radical (unpaired) electrons. The van der Waals surface area contributed by atoms with Crippen molar-refractivity contribution in [3.05, 3.63) is 69.5 Å². The molecule has 1 fully saturated rings. The van der Waals surface area contributed by atoms with E-state index in [1.165, 1.54) is 6.07 Å². The second-order valence-corrected chi connectivity index (χ2v) is 9.83. The highest BCUT2D eigenvalue weighted by Gasteiger charge is 2.38. The SMILES string of the molecule is CN(C(=O)c1ccc(Cl)cc1)[C@@H]1CCN(C(=O)OC(C)(C)C)C[C@H]1c1ccc(F)c(Cl)c1. The van der Waals surface area contributed by atoms with Gasteiger partial charge >= 0.3 is 6.09 Å². The standard InChI is InChI=1S/C24H27Cl2FN2O3/c1-24(2,3)32-23(31)29-12-11-21(18(14-29)16-7-10-20(27)19(26)13-16)28(4)22(30)15-5-8-17(25)9-6-15/h5-10,13,18,21H,11-12,14H2,1-4H3/t18-,21+/m0/s1. The van der Waals surface area contributed by atoms with Gasteiger partial charge in [-0.1, -0.05) is 29.3 Å². The van der Waals surface area contributed by atoms with Gasteiger partial charge in [0.2, 0.25) is 0 Å². The number of benzene rings is 2. The molecule has 0 unspecified atom stereocenters. The van der Waals surface area contributed by atoms with E-state index >= 15 is 0 Å². The lowest BCUT2D eigenvalue weighted by atomic mass is 9.85. The third kappa shape index (κ3) is 5.73. The Kier molecular flexibility index (Phi) is 7.36. The molecule has 1 aliphatic heterocycles. The molecule has 8 heteroatoms. The Labute approximate surface area is 198 Å². The normalized spacial score (nSPS) is 18.9. The zero-order valence-corrected chi connectivity index (χ0v) is 20.1. The smallest absolute Gasteiger partial charge is 0.410 e. The van der Waals surface area contributed by atoms with Crippen molar-refractivity contribution < 1.29 is 18.7 Å². The van der Waals surface area contributed by atoms with Crippen molar-refractivity contribution >= 4 is 35.2 Å². The first-order chi connectivity index (χ1) is 15.0. The second kappa shape index (κ2) is 9.67. The summed E-state index contributed by atoms with van der Waals surface area (Å²) in [7, 11) is 1.74. The quantitative estimate of drug-likeness (QED) is 0.541. The summed E-state index contributed by atoms with van der Waals surface area (Å²) in [6, 6.07) is 11.0. The Morgan fingerprint density at radius 3 is 2.38 bits per heavy atom. The highest BCUT2D eigenvalue weighted by atomic mass is 35.5. The fourth-order valence-electron chi connectivity index (χ4n) is 3.91. The van der Waals surface area contributed by atoms with E-state index in [4.69, 9.17) is 27.9 Å². The van der Waals surface area contributed by atoms with Crippen molar-refractivity contribution in [1.82, 2.24) is 9.80 Å². The number of likely N-dealkylation sites (tertiary alicyclic amines) is 1. The van der Waals surface area contributed by atoms with Crippen molar-refractivity contribution in [3.8, 4) is 0 Å². The molecule has 2 aromatic rings. The minimum Gasteiger partial charge on any atom is -0.444 e. The van der Waals surface area contributed by atoms with Crippen molar-refractivity contribution in [2.75, 3.05) is 20.1 Å². The van der Waals surface area contributed by atoms with Gasteiger partial charge in [0.1, 0.15) is 11.4 Å². The first-order valence-corrected chi connectivity index (χ1v) is 11.2. The van der Waals surface area contributed by atoms with Crippen LogP contribution in [0.5, 0.6) is 0 Å². The number of hydrogen-bond donors (Lipinski definition) is 0. The van der Waals surface area contributed by atoms with Crippen LogP contribution in [0.15, 0.2) is 42.5 Å². The molecule has 2 amide bonds. The fourth-order valence-corrected chi connectivity index (χ4v) is 4.23. The Hall–Kier alpha value is -2.31. The van der Waals surface area contributed by atoms with E-state index in [0.717, 1.165) is 5.56 Å². The number of carbonyl (C=O) groups excluding carboxylic acids is 2. The van der Waals surface area contributed by atoms with Gasteiger partial charge in [-0.25, -0.2) is 9.18 Å². The number of likely N-dealkylation sites (N-methyl/N-ethyl adjacent to an activating group) is 1. The van der Waals surface area contributed by atoms with Crippen LogP contribution in [0.4, 0.5) is 9.18 Å². The van der Waals surface area contributed by atoms with Crippen LogP contribution in [0.25, 0.3) is 0 Å². The lowest BCUT2D eigenvalue weighted by Gasteiger charge is -2.43. The van der Waals surface area contributed by atoms with Crippen molar-refractivity contribution in [2.45, 2.75) is 44.8 Å². The van der Waals surface area contributed by atoms with Crippen molar-refractivity contribution in [1.29, 1.82) is 0 Å². The maximum atomic E-state index is 13.8. The summed E-state index contributed by atoms with van der Waals surface area (Å²) in [4.78, 5) is 29.2. The Balaban J connectivity index is 1.89. The molecule has 2 aromatic carbocycles. The van der Waals surface area contributed by atoms with Crippen molar-refractivity contribution in [2.24, 2.45) is 0 Å². The lowest BCUT2D eigenvalue weighted by Crippen LogP contribution is -2.52. The fraction of sp³-hybridized carbons (Fsp3) is 0.417. The summed E-state index contributed by atoms with van der Waals surface area (Å²) < 4.78 is 19.3. The van der Waals surface area contributed by atoms with Crippen molar-refractivity contribution in [3.63, 3.8) is 0 Å². The third-order valence-corrected chi connectivity index (χ3v) is 6.05. The van der Waals surface area contributed by atoms with Gasteiger partial charge in [-0.2, -0.15) is 0 Å². The van der Waals surface area contributed by atoms with Crippen LogP contribution < -0.4 is 0 Å². The average molecular weight is 481 g/mol. The zero-order chi connectivity index (χ0) is 23.6. The first kappa shape index (κ1) is 24.3. The summed E-state index contributed by atoms with van der Waals surface area (Å²) >= 11 is 12.0. The number of nitrogens with zero attached hydrogens (tertiary/aromatic N) is 2. The van der Waals surface area contributed by atoms with E-state index in [0.29, 0.717) is 30.1 Å². The molecule has 0 N–H and O–H groups in total. The maximum Gasteiger partial charge on any atom is 0.410 e. The van der Waals surface area contributed by atoms with E-state index in [1.807, 2.05) is 20.8 Å². The molecule has 5 nitrogen and oxygen atoms in total. The molecule has 1 heterocycles. The van der Waals surface area contributed by atoms with Gasteiger partial charge in [-0.05, 0) is 69.2 Å². The zero-order valence-electron chi connectivity index (χ0n) is 18.6. The molecule has 0 spiro atoms. The molecule has 32 heavy (non-hydrogen) atoms. The molecular weight excluding hydrogens is 454 g/mol. The van der Waals surface area contributed by atoms with Gasteiger partial charge in [0, 0.05) is 42.7 Å². The van der Waals surface area contributed by atoms with Crippen LogP contribution in [-0.2, 0) is 4.74 Å². The maximum absolute atomic E-state index is 13.8. The van der Waals surface area contributed by atoms with Crippen LogP contribution in [-0.4, -0.2) is 53.6 Å². The molecule has 0 saturated carbocycles. The number of ether oxygens (including phenoxy) is 1. The number of halogens is 3. The number of carbonyl (C=O) groups is 2. The molecule has 1 saturated heterocycles. The van der Waals surface area contributed by atoms with Gasteiger partial charge in [0.25, 0.3) is 5.91 Å². The van der Waals surface area contributed by atoms with Crippen LogP contribution in [0.2, 0.25) is 10.0 Å². The van der Waals surface area contributed by atoms with Crippen LogP contribution >= 0.6 is 23.2 Å². The summed E-state index contributed by atoms with van der Waals surface area (Å²) in [5, 5.41) is 0.552. The minimum atomic E-state index is -0.621. The topological polar surface area (TPSA) is 49.9 Å². The monoisotopic (exact) mass is 480 g/mol. The summed E-state index contributed by atoms with van der Waals surface area (Å²) in [6.07, 6.45) is 0.121. The van der Waals surface area contributed by atoms with Gasteiger partial charge in [0.15, 0.2) is 0 Å². The van der Waals surface area contributed by atoms with Gasteiger partial charge in [-0.3, -0.25) is 4.79 Å².